The molecule has 1 atom stereocenters. The Balaban J connectivity index is 1.84. The Bertz CT molecular complexity index is 770. The van der Waals surface area contributed by atoms with Crippen LogP contribution in [-0.2, 0) is 6.42 Å². The summed E-state index contributed by atoms with van der Waals surface area (Å²) in [4.78, 5) is 11.9. The van der Waals surface area contributed by atoms with Crippen molar-refractivity contribution in [2.24, 2.45) is 0 Å². The number of rotatable bonds is 5. The maximum absolute atomic E-state index is 5.25. The van der Waals surface area contributed by atoms with Crippen LogP contribution < -0.4 is 5.32 Å². The second kappa shape index (κ2) is 5.79. The zero-order valence-corrected chi connectivity index (χ0v) is 13.4. The molecule has 1 unspecified atom stereocenters. The van der Waals surface area contributed by atoms with Gasteiger partial charge in [0.2, 0.25) is 0 Å². The van der Waals surface area contributed by atoms with E-state index in [4.69, 9.17) is 4.52 Å². The molecule has 0 saturated carbocycles. The van der Waals surface area contributed by atoms with Crippen LogP contribution in [-0.4, -0.2) is 26.7 Å². The molecule has 0 aliphatic heterocycles. The molecule has 0 aliphatic rings. The smallest absolute Gasteiger partial charge is 0.143 e. The summed E-state index contributed by atoms with van der Waals surface area (Å²) in [6.07, 6.45) is 4.53. The third kappa shape index (κ3) is 2.45. The van der Waals surface area contributed by atoms with Gasteiger partial charge in [0, 0.05) is 24.2 Å². The fourth-order valence-electron chi connectivity index (χ4n) is 2.99. The van der Waals surface area contributed by atoms with Crippen molar-refractivity contribution in [2.45, 2.75) is 40.0 Å². The number of hydrogen-bond donors (Lipinski definition) is 2. The van der Waals surface area contributed by atoms with Gasteiger partial charge in [-0.3, -0.25) is 0 Å². The standard InChI is InChI=1S/C16H21N5O/c1-5-12-7-18-16-14(12)15(19-8-20-16)17-6-9(2)13-10(3)21-22-11(13)4/h7-9H,5-6H2,1-4H3,(H2,17,18,19,20). The van der Waals surface area contributed by atoms with E-state index in [1.807, 2.05) is 20.0 Å². The van der Waals surface area contributed by atoms with Crippen molar-refractivity contribution in [1.29, 1.82) is 0 Å². The minimum Gasteiger partial charge on any atom is -0.369 e. The average molecular weight is 299 g/mol. The molecule has 116 valence electrons. The fourth-order valence-corrected chi connectivity index (χ4v) is 2.99. The largest absolute Gasteiger partial charge is 0.369 e. The number of nitrogens with zero attached hydrogens (tertiary/aromatic N) is 3. The number of aromatic amines is 1. The summed E-state index contributed by atoms with van der Waals surface area (Å²) in [6, 6.07) is 0. The van der Waals surface area contributed by atoms with Gasteiger partial charge in [0.15, 0.2) is 0 Å². The first-order chi connectivity index (χ1) is 10.6. The summed E-state index contributed by atoms with van der Waals surface area (Å²) >= 11 is 0. The zero-order chi connectivity index (χ0) is 15.7. The Hall–Kier alpha value is -2.37. The summed E-state index contributed by atoms with van der Waals surface area (Å²) in [6.45, 7) is 8.99. The molecule has 3 aromatic rings. The van der Waals surface area contributed by atoms with Crippen LogP contribution >= 0.6 is 0 Å². The molecule has 0 aromatic carbocycles. The van der Waals surface area contributed by atoms with Gasteiger partial charge < -0.3 is 14.8 Å². The van der Waals surface area contributed by atoms with Crippen molar-refractivity contribution >= 4 is 16.9 Å². The molecule has 2 N–H and O–H groups in total. The molecule has 3 aromatic heterocycles. The van der Waals surface area contributed by atoms with Crippen LogP contribution in [0.3, 0.4) is 0 Å². The monoisotopic (exact) mass is 299 g/mol. The van der Waals surface area contributed by atoms with E-state index in [0.717, 1.165) is 41.3 Å². The highest BCUT2D eigenvalue weighted by molar-refractivity contribution is 5.90. The number of hydrogen-bond acceptors (Lipinski definition) is 5. The number of H-pyrrole nitrogens is 1. The SMILES string of the molecule is CCc1c[nH]c2ncnc(NCC(C)c3c(C)noc3C)c12. The summed E-state index contributed by atoms with van der Waals surface area (Å²) in [5.41, 5.74) is 4.22. The van der Waals surface area contributed by atoms with E-state index < -0.39 is 0 Å². The molecular weight excluding hydrogens is 278 g/mol. The molecule has 0 aliphatic carbocycles. The highest BCUT2D eigenvalue weighted by Crippen LogP contribution is 2.26. The van der Waals surface area contributed by atoms with Gasteiger partial charge in [-0.25, -0.2) is 9.97 Å². The van der Waals surface area contributed by atoms with Gasteiger partial charge in [-0.05, 0) is 25.8 Å². The van der Waals surface area contributed by atoms with E-state index in [-0.39, 0.29) is 0 Å². The minimum absolute atomic E-state index is 0.292. The van der Waals surface area contributed by atoms with Crippen LogP contribution in [0.5, 0.6) is 0 Å². The second-order valence-electron chi connectivity index (χ2n) is 5.63. The number of aromatic nitrogens is 4. The number of nitrogens with one attached hydrogen (secondary N) is 2. The normalized spacial score (nSPS) is 12.7. The summed E-state index contributed by atoms with van der Waals surface area (Å²) in [7, 11) is 0. The van der Waals surface area contributed by atoms with Crippen molar-refractivity contribution in [3.63, 3.8) is 0 Å². The van der Waals surface area contributed by atoms with Crippen LogP contribution in [0.25, 0.3) is 11.0 Å². The third-order valence-electron chi connectivity index (χ3n) is 4.09. The van der Waals surface area contributed by atoms with Crippen molar-refractivity contribution in [3.05, 3.63) is 35.1 Å². The maximum atomic E-state index is 5.25. The molecule has 0 saturated heterocycles. The molecule has 0 bridgehead atoms. The lowest BCUT2D eigenvalue weighted by atomic mass is 9.99. The van der Waals surface area contributed by atoms with Crippen LogP contribution in [0, 0.1) is 13.8 Å². The molecule has 0 amide bonds. The Labute approximate surface area is 129 Å². The number of anilines is 1. The summed E-state index contributed by atoms with van der Waals surface area (Å²) in [5.74, 6) is 2.05. The predicted molar refractivity (Wildman–Crippen MR) is 86.1 cm³/mol. The first-order valence-electron chi connectivity index (χ1n) is 7.59. The van der Waals surface area contributed by atoms with Gasteiger partial charge in [0.1, 0.15) is 23.6 Å². The van der Waals surface area contributed by atoms with Crippen molar-refractivity contribution < 1.29 is 4.52 Å². The molecular formula is C16H21N5O. The van der Waals surface area contributed by atoms with Crippen molar-refractivity contribution in [3.8, 4) is 0 Å². The lowest BCUT2D eigenvalue weighted by molar-refractivity contribution is 0.391. The Morgan fingerprint density at radius 1 is 1.32 bits per heavy atom. The van der Waals surface area contributed by atoms with E-state index in [2.05, 4.69) is 39.3 Å². The maximum Gasteiger partial charge on any atom is 0.143 e. The van der Waals surface area contributed by atoms with Crippen LogP contribution in [0.15, 0.2) is 17.0 Å². The molecule has 6 heteroatoms. The lowest BCUT2D eigenvalue weighted by Gasteiger charge is -2.13. The Morgan fingerprint density at radius 3 is 2.82 bits per heavy atom. The van der Waals surface area contributed by atoms with Crippen molar-refractivity contribution in [1.82, 2.24) is 20.1 Å². The topological polar surface area (TPSA) is 79.6 Å². The average Bonchev–Trinajstić information content (AvgIpc) is 3.08. The molecule has 6 nitrogen and oxygen atoms in total. The number of fused-ring (bicyclic) bond motifs is 1. The van der Waals surface area contributed by atoms with Crippen molar-refractivity contribution in [2.75, 3.05) is 11.9 Å². The van der Waals surface area contributed by atoms with Crippen LogP contribution in [0.4, 0.5) is 5.82 Å². The van der Waals surface area contributed by atoms with E-state index >= 15 is 0 Å². The number of aryl methyl sites for hydroxylation is 3. The van der Waals surface area contributed by atoms with Gasteiger partial charge in [-0.2, -0.15) is 0 Å². The first-order valence-corrected chi connectivity index (χ1v) is 7.59. The quantitative estimate of drug-likeness (QED) is 0.755. The third-order valence-corrected chi connectivity index (χ3v) is 4.09. The van der Waals surface area contributed by atoms with E-state index in [1.165, 1.54) is 11.1 Å². The van der Waals surface area contributed by atoms with Gasteiger partial charge >= 0.3 is 0 Å². The first kappa shape index (κ1) is 14.6. The van der Waals surface area contributed by atoms with Gasteiger partial charge in [-0.1, -0.05) is 19.0 Å². The minimum atomic E-state index is 0.292. The highest BCUT2D eigenvalue weighted by Gasteiger charge is 2.17. The molecule has 3 rings (SSSR count). The van der Waals surface area contributed by atoms with Gasteiger partial charge in [0.25, 0.3) is 0 Å². The zero-order valence-electron chi connectivity index (χ0n) is 13.4. The molecule has 0 radical (unpaired) electrons. The van der Waals surface area contributed by atoms with Crippen LogP contribution in [0.1, 0.15) is 42.3 Å². The second-order valence-corrected chi connectivity index (χ2v) is 5.63. The lowest BCUT2D eigenvalue weighted by Crippen LogP contribution is -2.12. The van der Waals surface area contributed by atoms with E-state index in [9.17, 15) is 0 Å². The Kier molecular flexibility index (Phi) is 3.83. The highest BCUT2D eigenvalue weighted by atomic mass is 16.5. The molecule has 22 heavy (non-hydrogen) atoms. The summed E-state index contributed by atoms with van der Waals surface area (Å²) in [5, 5.41) is 8.56. The van der Waals surface area contributed by atoms with Crippen LogP contribution in [0.2, 0.25) is 0 Å². The summed E-state index contributed by atoms with van der Waals surface area (Å²) < 4.78 is 5.25. The Morgan fingerprint density at radius 2 is 2.14 bits per heavy atom. The van der Waals surface area contributed by atoms with Gasteiger partial charge in [0.05, 0.1) is 11.1 Å². The van der Waals surface area contributed by atoms with E-state index in [1.54, 1.807) is 6.33 Å². The molecule has 0 fully saturated rings. The molecule has 3 heterocycles. The molecule has 0 spiro atoms. The fraction of sp³-hybridized carbons (Fsp3) is 0.438. The van der Waals surface area contributed by atoms with E-state index in [0.29, 0.717) is 5.92 Å². The van der Waals surface area contributed by atoms with Gasteiger partial charge in [-0.15, -0.1) is 0 Å². The predicted octanol–water partition coefficient (Wildman–Crippen LogP) is 3.34.